The third-order valence-electron chi connectivity index (χ3n) is 4.68. The van der Waals surface area contributed by atoms with Gasteiger partial charge in [-0.05, 0) is 36.6 Å². The van der Waals surface area contributed by atoms with Crippen LogP contribution >= 0.6 is 15.9 Å². The molecule has 0 aromatic heterocycles. The van der Waals surface area contributed by atoms with Crippen LogP contribution < -0.4 is 4.90 Å². The zero-order valence-corrected chi connectivity index (χ0v) is 13.4. The van der Waals surface area contributed by atoms with Crippen molar-refractivity contribution in [1.29, 1.82) is 0 Å². The van der Waals surface area contributed by atoms with Crippen LogP contribution in [-0.4, -0.2) is 37.1 Å². The number of anilines is 1. The Bertz CT molecular complexity index is 452. The largest absolute Gasteiger partial charge is 0.369 e. The van der Waals surface area contributed by atoms with Crippen LogP contribution in [-0.2, 0) is 5.33 Å². The van der Waals surface area contributed by atoms with E-state index >= 15 is 0 Å². The van der Waals surface area contributed by atoms with Crippen molar-refractivity contribution in [3.8, 4) is 0 Å². The summed E-state index contributed by atoms with van der Waals surface area (Å²) in [5, 5.41) is 0.711. The Morgan fingerprint density at radius 1 is 1.10 bits per heavy atom. The summed E-state index contributed by atoms with van der Waals surface area (Å²) >= 11 is 3.47. The SMILES string of the molecule is Fc1ccc(N2CCN(C3CCCC3)CC2)c(CBr)c1. The minimum Gasteiger partial charge on any atom is -0.369 e. The van der Waals surface area contributed by atoms with Gasteiger partial charge in [0.05, 0.1) is 0 Å². The van der Waals surface area contributed by atoms with E-state index in [0.29, 0.717) is 5.33 Å². The highest BCUT2D eigenvalue weighted by Gasteiger charge is 2.26. The molecule has 1 aromatic rings. The molecule has 0 atom stereocenters. The number of benzene rings is 1. The van der Waals surface area contributed by atoms with Crippen LogP contribution in [0.1, 0.15) is 31.2 Å². The lowest BCUT2D eigenvalue weighted by Gasteiger charge is -2.39. The Kier molecular flexibility index (Phi) is 4.61. The molecule has 20 heavy (non-hydrogen) atoms. The van der Waals surface area contributed by atoms with Crippen molar-refractivity contribution in [2.45, 2.75) is 37.1 Å². The molecule has 2 nitrogen and oxygen atoms in total. The lowest BCUT2D eigenvalue weighted by Crippen LogP contribution is -2.49. The second kappa shape index (κ2) is 6.44. The zero-order valence-electron chi connectivity index (χ0n) is 11.8. The molecule has 0 amide bonds. The maximum absolute atomic E-state index is 13.3. The molecular formula is C16H22BrFN2. The third kappa shape index (κ3) is 3.01. The van der Waals surface area contributed by atoms with Gasteiger partial charge in [0, 0.05) is 43.2 Å². The molecule has 1 heterocycles. The summed E-state index contributed by atoms with van der Waals surface area (Å²) in [6.45, 7) is 4.40. The van der Waals surface area contributed by atoms with Gasteiger partial charge in [-0.25, -0.2) is 4.39 Å². The fraction of sp³-hybridized carbons (Fsp3) is 0.625. The lowest BCUT2D eigenvalue weighted by atomic mass is 10.1. The molecule has 2 aliphatic rings. The zero-order chi connectivity index (χ0) is 13.9. The van der Waals surface area contributed by atoms with Gasteiger partial charge < -0.3 is 4.90 Å². The lowest BCUT2D eigenvalue weighted by molar-refractivity contribution is 0.187. The van der Waals surface area contributed by atoms with Gasteiger partial charge in [0.25, 0.3) is 0 Å². The van der Waals surface area contributed by atoms with Gasteiger partial charge in [0.15, 0.2) is 0 Å². The molecule has 2 fully saturated rings. The van der Waals surface area contributed by atoms with Crippen LogP contribution in [0.3, 0.4) is 0 Å². The number of piperazine rings is 1. The minimum atomic E-state index is -0.146. The van der Waals surface area contributed by atoms with Gasteiger partial charge in [-0.3, -0.25) is 4.90 Å². The summed E-state index contributed by atoms with van der Waals surface area (Å²) in [5.74, 6) is -0.146. The number of hydrogen-bond acceptors (Lipinski definition) is 2. The quantitative estimate of drug-likeness (QED) is 0.772. The summed E-state index contributed by atoms with van der Waals surface area (Å²) in [6.07, 6.45) is 5.56. The van der Waals surface area contributed by atoms with Crippen LogP contribution in [0.5, 0.6) is 0 Å². The highest BCUT2D eigenvalue weighted by atomic mass is 79.9. The molecular weight excluding hydrogens is 319 g/mol. The number of hydrogen-bond donors (Lipinski definition) is 0. The molecule has 1 aliphatic heterocycles. The van der Waals surface area contributed by atoms with Gasteiger partial charge >= 0.3 is 0 Å². The average Bonchev–Trinajstić information content (AvgIpc) is 3.01. The standard InChI is InChI=1S/C16H22BrFN2/c17-12-13-11-14(18)5-6-16(13)20-9-7-19(8-10-20)15-3-1-2-4-15/h5-6,11,15H,1-4,7-10,12H2. The molecule has 110 valence electrons. The van der Waals surface area contributed by atoms with Crippen LogP contribution in [0.2, 0.25) is 0 Å². The predicted molar refractivity (Wildman–Crippen MR) is 85.1 cm³/mol. The van der Waals surface area contributed by atoms with E-state index in [4.69, 9.17) is 0 Å². The Morgan fingerprint density at radius 2 is 1.80 bits per heavy atom. The summed E-state index contributed by atoms with van der Waals surface area (Å²) in [7, 11) is 0. The third-order valence-corrected chi connectivity index (χ3v) is 5.29. The normalized spacial score (nSPS) is 21.6. The van der Waals surface area contributed by atoms with Crippen molar-refractivity contribution < 1.29 is 4.39 Å². The van der Waals surface area contributed by atoms with Gasteiger partial charge in [-0.1, -0.05) is 28.8 Å². The van der Waals surface area contributed by atoms with Crippen LogP contribution in [0.15, 0.2) is 18.2 Å². The van der Waals surface area contributed by atoms with E-state index in [2.05, 4.69) is 25.7 Å². The number of rotatable bonds is 3. The smallest absolute Gasteiger partial charge is 0.123 e. The molecule has 0 unspecified atom stereocenters. The van der Waals surface area contributed by atoms with Crippen LogP contribution in [0.4, 0.5) is 10.1 Å². The predicted octanol–water partition coefficient (Wildman–Crippen LogP) is 3.79. The Labute approximate surface area is 129 Å². The maximum atomic E-state index is 13.3. The summed E-state index contributed by atoms with van der Waals surface area (Å²) in [4.78, 5) is 5.06. The summed E-state index contributed by atoms with van der Waals surface area (Å²) < 4.78 is 13.3. The summed E-state index contributed by atoms with van der Waals surface area (Å²) in [5.41, 5.74) is 2.24. The van der Waals surface area contributed by atoms with Crippen LogP contribution in [0.25, 0.3) is 0 Å². The van der Waals surface area contributed by atoms with Gasteiger partial charge in [-0.15, -0.1) is 0 Å². The molecule has 1 aromatic carbocycles. The maximum Gasteiger partial charge on any atom is 0.123 e. The molecule has 1 saturated heterocycles. The first-order valence-electron chi connectivity index (χ1n) is 7.61. The molecule has 3 rings (SSSR count). The minimum absolute atomic E-state index is 0.146. The fourth-order valence-corrected chi connectivity index (χ4v) is 4.02. The van der Waals surface area contributed by atoms with E-state index in [1.54, 1.807) is 12.1 Å². The van der Waals surface area contributed by atoms with Crippen LogP contribution in [0, 0.1) is 5.82 Å². The molecule has 4 heteroatoms. The Balaban J connectivity index is 1.65. The molecule has 1 aliphatic carbocycles. The van der Waals surface area contributed by atoms with Crippen molar-refractivity contribution >= 4 is 21.6 Å². The Hall–Kier alpha value is -0.610. The second-order valence-corrected chi connectivity index (χ2v) is 6.43. The average molecular weight is 341 g/mol. The first kappa shape index (κ1) is 14.3. The van der Waals surface area contributed by atoms with Crippen molar-refractivity contribution in [3.63, 3.8) is 0 Å². The molecule has 0 spiro atoms. The fourth-order valence-electron chi connectivity index (χ4n) is 3.57. The monoisotopic (exact) mass is 340 g/mol. The van der Waals surface area contributed by atoms with Gasteiger partial charge in [0.1, 0.15) is 5.82 Å². The number of alkyl halides is 1. The summed E-state index contributed by atoms with van der Waals surface area (Å²) in [6, 6.07) is 5.97. The first-order valence-corrected chi connectivity index (χ1v) is 8.73. The number of halogens is 2. The second-order valence-electron chi connectivity index (χ2n) is 5.87. The van der Waals surface area contributed by atoms with Crippen molar-refractivity contribution in [3.05, 3.63) is 29.6 Å². The van der Waals surface area contributed by atoms with Crippen molar-refractivity contribution in [2.75, 3.05) is 31.1 Å². The molecule has 0 radical (unpaired) electrons. The molecule has 1 saturated carbocycles. The van der Waals surface area contributed by atoms with E-state index < -0.39 is 0 Å². The van der Waals surface area contributed by atoms with E-state index in [1.165, 1.54) is 31.4 Å². The Morgan fingerprint density at radius 3 is 2.45 bits per heavy atom. The highest BCUT2D eigenvalue weighted by molar-refractivity contribution is 9.08. The first-order chi connectivity index (χ1) is 9.78. The highest BCUT2D eigenvalue weighted by Crippen LogP contribution is 2.28. The van der Waals surface area contributed by atoms with E-state index in [-0.39, 0.29) is 5.82 Å². The van der Waals surface area contributed by atoms with Crippen molar-refractivity contribution in [2.24, 2.45) is 0 Å². The van der Waals surface area contributed by atoms with E-state index in [0.717, 1.165) is 37.8 Å². The molecule has 0 bridgehead atoms. The van der Waals surface area contributed by atoms with E-state index in [9.17, 15) is 4.39 Å². The van der Waals surface area contributed by atoms with Gasteiger partial charge in [0.2, 0.25) is 0 Å². The topological polar surface area (TPSA) is 6.48 Å². The van der Waals surface area contributed by atoms with Gasteiger partial charge in [-0.2, -0.15) is 0 Å². The molecule has 0 N–H and O–H groups in total. The number of nitrogens with zero attached hydrogens (tertiary/aromatic N) is 2. The van der Waals surface area contributed by atoms with Crippen molar-refractivity contribution in [1.82, 2.24) is 4.90 Å². The van der Waals surface area contributed by atoms with E-state index in [1.807, 2.05) is 6.07 Å².